The largest absolute Gasteiger partial charge is 0.384 e. The number of likely N-dealkylation sites (tertiary alicyclic amines) is 1. The third-order valence-electron chi connectivity index (χ3n) is 2.80. The summed E-state index contributed by atoms with van der Waals surface area (Å²) in [5.41, 5.74) is 6.04. The number of nitrogens with two attached hydrogens (primary N) is 1. The van der Waals surface area contributed by atoms with Crippen LogP contribution in [-0.2, 0) is 4.74 Å². The van der Waals surface area contributed by atoms with E-state index in [0.717, 1.165) is 13.0 Å². The third-order valence-corrected chi connectivity index (χ3v) is 2.80. The van der Waals surface area contributed by atoms with Crippen molar-refractivity contribution >= 4 is 11.7 Å². The van der Waals surface area contributed by atoms with Gasteiger partial charge >= 0.3 is 0 Å². The number of nitrogen functional groups attached to an aromatic ring is 1. The number of rotatable bonds is 2. The first-order valence-corrected chi connectivity index (χ1v) is 5.24. The van der Waals surface area contributed by atoms with Crippen LogP contribution in [0.4, 0.5) is 5.82 Å². The summed E-state index contributed by atoms with van der Waals surface area (Å²) in [7, 11) is 1.67. The molecule has 16 heavy (non-hydrogen) atoms. The lowest BCUT2D eigenvalue weighted by atomic mass is 10.2. The van der Waals surface area contributed by atoms with Gasteiger partial charge in [0.15, 0.2) is 0 Å². The maximum Gasteiger partial charge on any atom is 0.255 e. The molecule has 1 aromatic rings. The first-order chi connectivity index (χ1) is 7.70. The number of hydrogen-bond donors (Lipinski definition) is 1. The molecule has 0 unspecified atom stereocenters. The molecule has 1 amide bonds. The van der Waals surface area contributed by atoms with Crippen LogP contribution >= 0.6 is 0 Å². The third kappa shape index (κ3) is 2.14. The van der Waals surface area contributed by atoms with E-state index in [9.17, 15) is 4.79 Å². The Morgan fingerprint density at radius 3 is 3.00 bits per heavy atom. The zero-order valence-corrected chi connectivity index (χ0v) is 9.22. The molecule has 86 valence electrons. The van der Waals surface area contributed by atoms with Crippen molar-refractivity contribution in [3.63, 3.8) is 0 Å². The molecule has 1 saturated heterocycles. The molecule has 2 rings (SSSR count). The number of ether oxygens (including phenoxy) is 1. The van der Waals surface area contributed by atoms with Gasteiger partial charge in [0, 0.05) is 26.4 Å². The zero-order valence-electron chi connectivity index (χ0n) is 9.22. The number of anilines is 1. The van der Waals surface area contributed by atoms with Crippen LogP contribution in [-0.4, -0.2) is 42.1 Å². The van der Waals surface area contributed by atoms with Gasteiger partial charge in [0.25, 0.3) is 5.91 Å². The minimum Gasteiger partial charge on any atom is -0.384 e. The van der Waals surface area contributed by atoms with E-state index >= 15 is 0 Å². The summed E-state index contributed by atoms with van der Waals surface area (Å²) in [6, 6.07) is 3.34. The Bertz CT molecular complexity index is 377. The smallest absolute Gasteiger partial charge is 0.255 e. The number of carbonyl (C=O) groups excluding carboxylic acids is 1. The molecule has 2 heterocycles. The second-order valence-corrected chi connectivity index (χ2v) is 3.87. The van der Waals surface area contributed by atoms with E-state index in [0.29, 0.717) is 17.9 Å². The van der Waals surface area contributed by atoms with E-state index in [1.165, 1.54) is 6.20 Å². The first-order valence-electron chi connectivity index (χ1n) is 5.24. The summed E-state index contributed by atoms with van der Waals surface area (Å²) in [6.07, 6.45) is 2.56. The number of methoxy groups -OCH3 is 1. The van der Waals surface area contributed by atoms with Crippen LogP contribution in [0.3, 0.4) is 0 Å². The molecule has 0 saturated carbocycles. The molecule has 0 bridgehead atoms. The molecule has 0 radical (unpaired) electrons. The summed E-state index contributed by atoms with van der Waals surface area (Å²) < 4.78 is 5.22. The first kappa shape index (κ1) is 10.9. The standard InChI is InChI=1S/C11H15N3O2/c1-16-9-4-5-14(7-9)11(15)8-2-3-10(12)13-6-8/h2-3,6,9H,4-5,7H2,1H3,(H2,12,13)/t9-/m0/s1. The van der Waals surface area contributed by atoms with Crippen LogP contribution in [0.2, 0.25) is 0 Å². The number of pyridine rings is 1. The van der Waals surface area contributed by atoms with Gasteiger partial charge in [-0.25, -0.2) is 4.98 Å². The number of aromatic nitrogens is 1. The molecule has 2 N–H and O–H groups in total. The van der Waals surface area contributed by atoms with Crippen molar-refractivity contribution in [2.24, 2.45) is 0 Å². The molecule has 1 aromatic heterocycles. The average Bonchev–Trinajstić information content (AvgIpc) is 2.77. The zero-order chi connectivity index (χ0) is 11.5. The average molecular weight is 221 g/mol. The van der Waals surface area contributed by atoms with Gasteiger partial charge in [-0.15, -0.1) is 0 Å². The van der Waals surface area contributed by atoms with Gasteiger partial charge in [0.1, 0.15) is 5.82 Å². The Morgan fingerprint density at radius 2 is 2.44 bits per heavy atom. The van der Waals surface area contributed by atoms with E-state index in [-0.39, 0.29) is 12.0 Å². The molecule has 0 spiro atoms. The quantitative estimate of drug-likeness (QED) is 0.790. The topological polar surface area (TPSA) is 68.5 Å². The molecule has 1 atom stereocenters. The number of hydrogen-bond acceptors (Lipinski definition) is 4. The molecule has 5 nitrogen and oxygen atoms in total. The Morgan fingerprint density at radius 1 is 1.62 bits per heavy atom. The van der Waals surface area contributed by atoms with E-state index in [1.54, 1.807) is 24.1 Å². The van der Waals surface area contributed by atoms with Crippen molar-refractivity contribution in [3.8, 4) is 0 Å². The van der Waals surface area contributed by atoms with Crippen LogP contribution in [0.1, 0.15) is 16.8 Å². The van der Waals surface area contributed by atoms with Crippen molar-refractivity contribution in [3.05, 3.63) is 23.9 Å². The van der Waals surface area contributed by atoms with Crippen molar-refractivity contribution in [1.82, 2.24) is 9.88 Å². The van der Waals surface area contributed by atoms with E-state index < -0.39 is 0 Å². The molecular formula is C11H15N3O2. The van der Waals surface area contributed by atoms with Crippen LogP contribution in [0.5, 0.6) is 0 Å². The Hall–Kier alpha value is -1.62. The summed E-state index contributed by atoms with van der Waals surface area (Å²) in [6.45, 7) is 1.39. The number of nitrogens with zero attached hydrogens (tertiary/aromatic N) is 2. The minimum absolute atomic E-state index is 0.00736. The lowest BCUT2D eigenvalue weighted by molar-refractivity contribution is 0.0724. The van der Waals surface area contributed by atoms with Crippen molar-refractivity contribution in [2.45, 2.75) is 12.5 Å². The lowest BCUT2D eigenvalue weighted by Gasteiger charge is -2.15. The Kier molecular flexibility index (Phi) is 3.05. The van der Waals surface area contributed by atoms with Crippen LogP contribution in [0.25, 0.3) is 0 Å². The van der Waals surface area contributed by atoms with Gasteiger partial charge in [-0.3, -0.25) is 4.79 Å². The monoisotopic (exact) mass is 221 g/mol. The maximum absolute atomic E-state index is 12.0. The minimum atomic E-state index is -0.00736. The highest BCUT2D eigenvalue weighted by atomic mass is 16.5. The summed E-state index contributed by atoms with van der Waals surface area (Å²) in [5, 5.41) is 0. The van der Waals surface area contributed by atoms with Gasteiger partial charge in [0.05, 0.1) is 11.7 Å². The molecule has 1 aliphatic heterocycles. The van der Waals surface area contributed by atoms with Crippen molar-refractivity contribution in [1.29, 1.82) is 0 Å². The van der Waals surface area contributed by atoms with Gasteiger partial charge in [-0.05, 0) is 18.6 Å². The van der Waals surface area contributed by atoms with E-state index in [4.69, 9.17) is 10.5 Å². The fraction of sp³-hybridized carbons (Fsp3) is 0.455. The van der Waals surface area contributed by atoms with Gasteiger partial charge in [0.2, 0.25) is 0 Å². The summed E-state index contributed by atoms with van der Waals surface area (Å²) in [5.74, 6) is 0.416. The maximum atomic E-state index is 12.0. The highest BCUT2D eigenvalue weighted by molar-refractivity contribution is 5.94. The number of carbonyl (C=O) groups is 1. The van der Waals surface area contributed by atoms with Crippen molar-refractivity contribution in [2.75, 3.05) is 25.9 Å². The normalized spacial score (nSPS) is 20.1. The van der Waals surface area contributed by atoms with Gasteiger partial charge < -0.3 is 15.4 Å². The van der Waals surface area contributed by atoms with Gasteiger partial charge in [-0.1, -0.05) is 0 Å². The fourth-order valence-electron chi connectivity index (χ4n) is 1.82. The molecular weight excluding hydrogens is 206 g/mol. The predicted octanol–water partition coefficient (Wildman–Crippen LogP) is 0.525. The predicted molar refractivity (Wildman–Crippen MR) is 60.0 cm³/mol. The Labute approximate surface area is 94.2 Å². The molecule has 5 heteroatoms. The Balaban J connectivity index is 2.05. The lowest BCUT2D eigenvalue weighted by Crippen LogP contribution is -2.30. The van der Waals surface area contributed by atoms with Crippen LogP contribution in [0, 0.1) is 0 Å². The van der Waals surface area contributed by atoms with Crippen LogP contribution in [0.15, 0.2) is 18.3 Å². The second-order valence-electron chi connectivity index (χ2n) is 3.87. The summed E-state index contributed by atoms with van der Waals surface area (Å²) in [4.78, 5) is 17.7. The molecule has 1 fully saturated rings. The van der Waals surface area contributed by atoms with Crippen molar-refractivity contribution < 1.29 is 9.53 Å². The van der Waals surface area contributed by atoms with Crippen LogP contribution < -0.4 is 5.73 Å². The molecule has 1 aliphatic rings. The van der Waals surface area contributed by atoms with Gasteiger partial charge in [-0.2, -0.15) is 0 Å². The highest BCUT2D eigenvalue weighted by Crippen LogP contribution is 2.15. The SMILES string of the molecule is CO[C@H]1CCN(C(=O)c2ccc(N)nc2)C1. The molecule has 0 aromatic carbocycles. The fourth-order valence-corrected chi connectivity index (χ4v) is 1.82. The summed E-state index contributed by atoms with van der Waals surface area (Å²) >= 11 is 0. The second kappa shape index (κ2) is 4.49. The highest BCUT2D eigenvalue weighted by Gasteiger charge is 2.26. The number of amides is 1. The van der Waals surface area contributed by atoms with E-state index in [1.807, 2.05) is 0 Å². The van der Waals surface area contributed by atoms with E-state index in [2.05, 4.69) is 4.98 Å². The molecule has 0 aliphatic carbocycles.